The smallest absolute Gasteiger partial charge is 0.0662 e. The molecule has 2 nitrogen and oxygen atoms in total. The summed E-state index contributed by atoms with van der Waals surface area (Å²) in [6.07, 6.45) is 3.22. The zero-order chi connectivity index (χ0) is 12.3. The molecule has 1 aromatic carbocycles. The summed E-state index contributed by atoms with van der Waals surface area (Å²) in [5.74, 6) is 0.766. The molecule has 0 aromatic heterocycles. The molecule has 1 fully saturated rings. The molecule has 1 saturated carbocycles. The summed E-state index contributed by atoms with van der Waals surface area (Å²) < 4.78 is 0. The SMILES string of the molecule is CCC(O)CNC(c1ccc(C)cc1)C1CC1. The standard InChI is InChI=1S/C15H23NO/c1-3-14(17)10-16-15(13-8-9-13)12-6-4-11(2)5-7-12/h4-7,13-17H,3,8-10H2,1-2H3. The van der Waals surface area contributed by atoms with Crippen LogP contribution in [-0.2, 0) is 0 Å². The van der Waals surface area contributed by atoms with E-state index in [1.54, 1.807) is 0 Å². The first kappa shape index (κ1) is 12.6. The van der Waals surface area contributed by atoms with E-state index in [-0.39, 0.29) is 6.10 Å². The quantitative estimate of drug-likeness (QED) is 0.792. The monoisotopic (exact) mass is 233 g/mol. The van der Waals surface area contributed by atoms with E-state index in [4.69, 9.17) is 0 Å². The van der Waals surface area contributed by atoms with E-state index >= 15 is 0 Å². The van der Waals surface area contributed by atoms with E-state index in [1.165, 1.54) is 24.0 Å². The second-order valence-electron chi connectivity index (χ2n) is 5.20. The summed E-state index contributed by atoms with van der Waals surface area (Å²) in [5.41, 5.74) is 2.67. The molecule has 1 aliphatic carbocycles. The van der Waals surface area contributed by atoms with Crippen LogP contribution >= 0.6 is 0 Å². The second-order valence-corrected chi connectivity index (χ2v) is 5.20. The number of nitrogens with one attached hydrogen (secondary N) is 1. The average molecular weight is 233 g/mol. The Labute approximate surface area is 104 Å². The maximum absolute atomic E-state index is 9.64. The van der Waals surface area contributed by atoms with Gasteiger partial charge in [-0.25, -0.2) is 0 Å². The lowest BCUT2D eigenvalue weighted by Crippen LogP contribution is -2.31. The van der Waals surface area contributed by atoms with Gasteiger partial charge in [-0.1, -0.05) is 36.8 Å². The summed E-state index contributed by atoms with van der Waals surface area (Å²) in [6.45, 7) is 4.83. The highest BCUT2D eigenvalue weighted by atomic mass is 16.3. The number of aliphatic hydroxyl groups excluding tert-OH is 1. The Morgan fingerprint density at radius 1 is 1.29 bits per heavy atom. The lowest BCUT2D eigenvalue weighted by atomic mass is 10.0. The Morgan fingerprint density at radius 2 is 1.94 bits per heavy atom. The fourth-order valence-electron chi connectivity index (χ4n) is 2.17. The molecule has 0 spiro atoms. The molecule has 94 valence electrons. The minimum Gasteiger partial charge on any atom is -0.392 e. The van der Waals surface area contributed by atoms with Gasteiger partial charge in [0.15, 0.2) is 0 Å². The van der Waals surface area contributed by atoms with E-state index < -0.39 is 0 Å². The van der Waals surface area contributed by atoms with Crippen molar-refractivity contribution in [1.29, 1.82) is 0 Å². The van der Waals surface area contributed by atoms with Gasteiger partial charge in [0.1, 0.15) is 0 Å². The molecular weight excluding hydrogens is 210 g/mol. The Morgan fingerprint density at radius 3 is 2.47 bits per heavy atom. The lowest BCUT2D eigenvalue weighted by Gasteiger charge is -2.20. The summed E-state index contributed by atoms with van der Waals surface area (Å²) in [5, 5.41) is 13.2. The fraction of sp³-hybridized carbons (Fsp3) is 0.600. The van der Waals surface area contributed by atoms with Crippen molar-refractivity contribution in [3.8, 4) is 0 Å². The maximum atomic E-state index is 9.64. The van der Waals surface area contributed by atoms with Gasteiger partial charge in [-0.3, -0.25) is 0 Å². The van der Waals surface area contributed by atoms with Crippen LogP contribution in [0.3, 0.4) is 0 Å². The van der Waals surface area contributed by atoms with E-state index in [2.05, 4.69) is 36.5 Å². The van der Waals surface area contributed by atoms with Crippen molar-refractivity contribution >= 4 is 0 Å². The molecule has 2 atom stereocenters. The van der Waals surface area contributed by atoms with Crippen molar-refractivity contribution in [2.75, 3.05) is 6.54 Å². The van der Waals surface area contributed by atoms with E-state index in [0.29, 0.717) is 12.6 Å². The Hall–Kier alpha value is -0.860. The highest BCUT2D eigenvalue weighted by Crippen LogP contribution is 2.40. The fourth-order valence-corrected chi connectivity index (χ4v) is 2.17. The predicted octanol–water partition coefficient (Wildman–Crippen LogP) is 2.81. The number of benzene rings is 1. The Kier molecular flexibility index (Phi) is 4.19. The van der Waals surface area contributed by atoms with Crippen LogP contribution < -0.4 is 5.32 Å². The first-order chi connectivity index (χ1) is 8.20. The van der Waals surface area contributed by atoms with Gasteiger partial charge in [0.05, 0.1) is 6.10 Å². The van der Waals surface area contributed by atoms with Crippen molar-refractivity contribution < 1.29 is 5.11 Å². The molecule has 0 saturated heterocycles. The summed E-state index contributed by atoms with van der Waals surface area (Å²) in [4.78, 5) is 0. The lowest BCUT2D eigenvalue weighted by molar-refractivity contribution is 0.161. The van der Waals surface area contributed by atoms with E-state index in [0.717, 1.165) is 12.3 Å². The number of hydrogen-bond donors (Lipinski definition) is 2. The molecule has 1 aliphatic rings. The molecular formula is C15H23NO. The topological polar surface area (TPSA) is 32.3 Å². The summed E-state index contributed by atoms with van der Waals surface area (Å²) in [7, 11) is 0. The molecule has 0 aliphatic heterocycles. The van der Waals surface area contributed by atoms with Crippen LogP contribution in [0.2, 0.25) is 0 Å². The minimum atomic E-state index is -0.221. The summed E-state index contributed by atoms with van der Waals surface area (Å²) >= 11 is 0. The summed E-state index contributed by atoms with van der Waals surface area (Å²) in [6, 6.07) is 9.19. The van der Waals surface area contributed by atoms with Crippen molar-refractivity contribution in [1.82, 2.24) is 5.32 Å². The molecule has 1 aromatic rings. The highest BCUT2D eigenvalue weighted by molar-refractivity contribution is 5.25. The maximum Gasteiger partial charge on any atom is 0.0662 e. The molecule has 0 radical (unpaired) electrons. The molecule has 2 N–H and O–H groups in total. The Bertz CT molecular complexity index is 342. The van der Waals surface area contributed by atoms with Crippen LogP contribution in [-0.4, -0.2) is 17.8 Å². The second kappa shape index (κ2) is 5.65. The highest BCUT2D eigenvalue weighted by Gasteiger charge is 2.32. The van der Waals surface area contributed by atoms with Gasteiger partial charge in [0.2, 0.25) is 0 Å². The van der Waals surface area contributed by atoms with Gasteiger partial charge < -0.3 is 10.4 Å². The van der Waals surface area contributed by atoms with Crippen molar-refractivity contribution in [3.63, 3.8) is 0 Å². The first-order valence-corrected chi connectivity index (χ1v) is 6.68. The van der Waals surface area contributed by atoms with Gasteiger partial charge in [-0.2, -0.15) is 0 Å². The Balaban J connectivity index is 1.99. The number of rotatable bonds is 6. The van der Waals surface area contributed by atoms with Crippen LogP contribution in [0.25, 0.3) is 0 Å². The zero-order valence-corrected chi connectivity index (χ0v) is 10.8. The minimum absolute atomic E-state index is 0.221. The van der Waals surface area contributed by atoms with Crippen LogP contribution in [0.5, 0.6) is 0 Å². The van der Waals surface area contributed by atoms with Gasteiger partial charge in [0.25, 0.3) is 0 Å². The van der Waals surface area contributed by atoms with Crippen molar-refractivity contribution in [2.24, 2.45) is 5.92 Å². The van der Waals surface area contributed by atoms with Gasteiger partial charge in [-0.15, -0.1) is 0 Å². The number of aryl methyl sites for hydroxylation is 1. The zero-order valence-electron chi connectivity index (χ0n) is 10.8. The van der Waals surface area contributed by atoms with Crippen LogP contribution in [0.4, 0.5) is 0 Å². The largest absolute Gasteiger partial charge is 0.392 e. The normalized spacial score (nSPS) is 19.0. The molecule has 2 unspecified atom stereocenters. The van der Waals surface area contributed by atoms with Crippen LogP contribution in [0.15, 0.2) is 24.3 Å². The van der Waals surface area contributed by atoms with Gasteiger partial charge in [0, 0.05) is 12.6 Å². The third kappa shape index (κ3) is 3.55. The third-order valence-corrected chi connectivity index (χ3v) is 3.57. The van der Waals surface area contributed by atoms with Crippen molar-refractivity contribution in [3.05, 3.63) is 35.4 Å². The van der Waals surface area contributed by atoms with E-state index in [1.807, 2.05) is 6.92 Å². The molecule has 2 rings (SSSR count). The predicted molar refractivity (Wildman–Crippen MR) is 70.9 cm³/mol. The van der Waals surface area contributed by atoms with Gasteiger partial charge in [-0.05, 0) is 37.7 Å². The number of aliphatic hydroxyl groups is 1. The average Bonchev–Trinajstić information content (AvgIpc) is 3.15. The first-order valence-electron chi connectivity index (χ1n) is 6.68. The number of hydrogen-bond acceptors (Lipinski definition) is 2. The van der Waals surface area contributed by atoms with Crippen LogP contribution in [0, 0.1) is 12.8 Å². The molecule has 0 bridgehead atoms. The van der Waals surface area contributed by atoms with E-state index in [9.17, 15) is 5.11 Å². The molecule has 17 heavy (non-hydrogen) atoms. The molecule has 2 heteroatoms. The molecule has 0 amide bonds. The van der Waals surface area contributed by atoms with Crippen LogP contribution in [0.1, 0.15) is 43.4 Å². The van der Waals surface area contributed by atoms with Crippen molar-refractivity contribution in [2.45, 2.75) is 45.3 Å². The van der Waals surface area contributed by atoms with Gasteiger partial charge >= 0.3 is 0 Å². The molecule has 0 heterocycles. The third-order valence-electron chi connectivity index (χ3n) is 3.57.